The van der Waals surface area contributed by atoms with Crippen LogP contribution < -0.4 is 10.2 Å². The summed E-state index contributed by atoms with van der Waals surface area (Å²) in [5.74, 6) is 1.76. The second kappa shape index (κ2) is 7.00. The molecule has 29 heavy (non-hydrogen) atoms. The van der Waals surface area contributed by atoms with Crippen molar-refractivity contribution in [2.24, 2.45) is 23.2 Å². The van der Waals surface area contributed by atoms with E-state index >= 15 is 0 Å². The van der Waals surface area contributed by atoms with Gasteiger partial charge in [0.05, 0.1) is 12.7 Å². The van der Waals surface area contributed by atoms with Gasteiger partial charge in [-0.25, -0.2) is 0 Å². The summed E-state index contributed by atoms with van der Waals surface area (Å²) >= 11 is 0. The number of Topliss-reactive ketones (excluding diaryl/α,β-unsaturated/α-hetero) is 1. The van der Waals surface area contributed by atoms with Crippen LogP contribution in [0.4, 0.5) is 0 Å². The number of allylic oxidation sites excluding steroid dienone is 4. The molecule has 0 amide bonds. The van der Waals surface area contributed by atoms with Crippen molar-refractivity contribution in [3.63, 3.8) is 0 Å². The fourth-order valence-corrected chi connectivity index (χ4v) is 5.95. The van der Waals surface area contributed by atoms with E-state index in [9.17, 15) is 9.59 Å². The van der Waals surface area contributed by atoms with E-state index in [1.165, 1.54) is 18.3 Å². The molecule has 5 unspecified atom stereocenters. The minimum Gasteiger partial charge on any atom is -0.468 e. The lowest BCUT2D eigenvalue weighted by atomic mass is 9.81. The SMILES string of the molecule is CCC(=O)C(C)C=C(C)C1C(C)=CC2(C)C1C2(C)c1oc(OC)c(C)c(=O)c1C. The van der Waals surface area contributed by atoms with Gasteiger partial charge in [0.15, 0.2) is 5.43 Å². The fraction of sp³-hybridized carbons (Fsp3) is 0.600. The first-order valence-electron chi connectivity index (χ1n) is 10.5. The summed E-state index contributed by atoms with van der Waals surface area (Å²) in [5, 5.41) is 0. The molecule has 158 valence electrons. The zero-order valence-corrected chi connectivity index (χ0v) is 19.2. The van der Waals surface area contributed by atoms with Gasteiger partial charge >= 0.3 is 0 Å². The molecule has 0 bridgehead atoms. The fourth-order valence-electron chi connectivity index (χ4n) is 5.95. The van der Waals surface area contributed by atoms with E-state index in [1.807, 2.05) is 20.8 Å². The second-order valence-corrected chi connectivity index (χ2v) is 9.35. The Morgan fingerprint density at radius 3 is 2.45 bits per heavy atom. The molecule has 0 spiro atoms. The third kappa shape index (κ3) is 2.86. The average Bonchev–Trinajstić information content (AvgIpc) is 2.98. The number of hydrogen-bond donors (Lipinski definition) is 0. The van der Waals surface area contributed by atoms with Gasteiger partial charge in [-0.3, -0.25) is 9.59 Å². The van der Waals surface area contributed by atoms with Crippen molar-refractivity contribution in [3.05, 3.63) is 50.4 Å². The molecule has 0 radical (unpaired) electrons. The van der Waals surface area contributed by atoms with E-state index < -0.39 is 0 Å². The van der Waals surface area contributed by atoms with Crippen molar-refractivity contribution in [2.75, 3.05) is 7.11 Å². The number of ether oxygens (including phenoxy) is 1. The van der Waals surface area contributed by atoms with E-state index in [2.05, 4.69) is 39.8 Å². The van der Waals surface area contributed by atoms with Crippen molar-refractivity contribution in [1.29, 1.82) is 0 Å². The lowest BCUT2D eigenvalue weighted by Crippen LogP contribution is -2.23. The zero-order chi connectivity index (χ0) is 21.9. The minimum absolute atomic E-state index is 0.00965. The summed E-state index contributed by atoms with van der Waals surface area (Å²) in [5.41, 5.74) is 3.36. The van der Waals surface area contributed by atoms with E-state index in [1.54, 1.807) is 6.92 Å². The van der Waals surface area contributed by atoms with Gasteiger partial charge in [-0.05, 0) is 33.6 Å². The first-order chi connectivity index (χ1) is 13.4. The number of fused-ring (bicyclic) bond motifs is 1. The molecular weight excluding hydrogens is 364 g/mol. The lowest BCUT2D eigenvalue weighted by molar-refractivity contribution is -0.120. The first kappa shape index (κ1) is 21.6. The van der Waals surface area contributed by atoms with Crippen LogP contribution in [0.5, 0.6) is 5.95 Å². The summed E-state index contributed by atoms with van der Waals surface area (Å²) in [6.45, 7) is 16.2. The summed E-state index contributed by atoms with van der Waals surface area (Å²) in [6, 6.07) is 0. The highest BCUT2D eigenvalue weighted by molar-refractivity contribution is 5.82. The molecule has 4 nitrogen and oxygen atoms in total. The Labute approximate surface area is 174 Å². The molecule has 1 saturated carbocycles. The maximum absolute atomic E-state index is 12.8. The molecule has 1 heterocycles. The van der Waals surface area contributed by atoms with Gasteiger partial charge in [0.2, 0.25) is 0 Å². The average molecular weight is 399 g/mol. The van der Waals surface area contributed by atoms with Crippen LogP contribution in [-0.4, -0.2) is 12.9 Å². The van der Waals surface area contributed by atoms with Gasteiger partial charge in [0.1, 0.15) is 11.5 Å². The first-order valence-corrected chi connectivity index (χ1v) is 10.5. The van der Waals surface area contributed by atoms with E-state index in [4.69, 9.17) is 9.15 Å². The molecule has 4 heteroatoms. The van der Waals surface area contributed by atoms with Gasteiger partial charge in [-0.1, -0.05) is 51.0 Å². The van der Waals surface area contributed by atoms with Crippen LogP contribution in [-0.2, 0) is 10.2 Å². The number of carbonyl (C=O) groups is 1. The highest BCUT2D eigenvalue weighted by Gasteiger charge is 2.77. The molecule has 2 aliphatic carbocycles. The van der Waals surface area contributed by atoms with E-state index in [-0.39, 0.29) is 33.9 Å². The maximum atomic E-state index is 12.8. The summed E-state index contributed by atoms with van der Waals surface area (Å²) in [7, 11) is 1.54. The highest BCUT2D eigenvalue weighted by atomic mass is 16.6. The second-order valence-electron chi connectivity index (χ2n) is 9.35. The van der Waals surface area contributed by atoms with Gasteiger partial charge < -0.3 is 9.15 Å². The third-order valence-electron chi connectivity index (χ3n) is 7.69. The Balaban J connectivity index is 2.08. The predicted octanol–water partition coefficient (Wildman–Crippen LogP) is 5.30. The van der Waals surface area contributed by atoms with Crippen molar-refractivity contribution in [2.45, 2.75) is 67.2 Å². The number of methoxy groups -OCH3 is 1. The minimum atomic E-state index is -0.283. The van der Waals surface area contributed by atoms with Gasteiger partial charge in [0, 0.05) is 34.7 Å². The number of carbonyl (C=O) groups excluding carboxylic acids is 1. The molecule has 1 aromatic rings. The molecule has 1 aromatic heterocycles. The quantitative estimate of drug-likeness (QED) is 0.611. The molecule has 0 saturated heterocycles. The number of ketones is 1. The lowest BCUT2D eigenvalue weighted by Gasteiger charge is -2.24. The highest BCUT2D eigenvalue weighted by Crippen LogP contribution is 2.78. The number of hydrogen-bond acceptors (Lipinski definition) is 4. The Morgan fingerprint density at radius 2 is 1.90 bits per heavy atom. The smallest absolute Gasteiger partial charge is 0.291 e. The predicted molar refractivity (Wildman–Crippen MR) is 115 cm³/mol. The Morgan fingerprint density at radius 1 is 1.28 bits per heavy atom. The van der Waals surface area contributed by atoms with Crippen LogP contribution >= 0.6 is 0 Å². The molecular formula is C25H34O4. The van der Waals surface area contributed by atoms with Crippen molar-refractivity contribution in [3.8, 4) is 5.95 Å². The van der Waals surface area contributed by atoms with Crippen LogP contribution in [0, 0.1) is 37.0 Å². The Hall–Kier alpha value is -2.10. The molecule has 2 aliphatic rings. The Kier molecular flexibility index (Phi) is 5.21. The van der Waals surface area contributed by atoms with Gasteiger partial charge in [-0.15, -0.1) is 0 Å². The number of rotatable bonds is 6. The molecule has 0 N–H and O–H groups in total. The van der Waals surface area contributed by atoms with E-state index in [0.717, 1.165) is 5.76 Å². The third-order valence-corrected chi connectivity index (χ3v) is 7.69. The molecule has 3 rings (SSSR count). The van der Waals surface area contributed by atoms with Crippen LogP contribution in [0.1, 0.15) is 64.9 Å². The van der Waals surface area contributed by atoms with Crippen LogP contribution in [0.2, 0.25) is 0 Å². The van der Waals surface area contributed by atoms with Crippen molar-refractivity contribution < 1.29 is 13.9 Å². The maximum Gasteiger partial charge on any atom is 0.291 e. The normalized spacial score (nSPS) is 31.9. The molecule has 1 fully saturated rings. The topological polar surface area (TPSA) is 56.5 Å². The van der Waals surface area contributed by atoms with Gasteiger partial charge in [0.25, 0.3) is 5.95 Å². The summed E-state index contributed by atoms with van der Waals surface area (Å²) in [4.78, 5) is 24.9. The zero-order valence-electron chi connectivity index (χ0n) is 19.2. The molecule has 0 aliphatic heterocycles. The summed E-state index contributed by atoms with van der Waals surface area (Å²) in [6.07, 6.45) is 5.02. The largest absolute Gasteiger partial charge is 0.468 e. The summed E-state index contributed by atoms with van der Waals surface area (Å²) < 4.78 is 11.5. The molecule has 0 aromatic carbocycles. The van der Waals surface area contributed by atoms with Crippen LogP contribution in [0.25, 0.3) is 0 Å². The van der Waals surface area contributed by atoms with Crippen molar-refractivity contribution in [1.82, 2.24) is 0 Å². The van der Waals surface area contributed by atoms with Crippen LogP contribution in [0.15, 0.2) is 32.5 Å². The van der Waals surface area contributed by atoms with E-state index in [0.29, 0.717) is 29.4 Å². The molecule has 5 atom stereocenters. The van der Waals surface area contributed by atoms with Crippen molar-refractivity contribution >= 4 is 5.78 Å². The monoisotopic (exact) mass is 398 g/mol. The Bertz CT molecular complexity index is 979. The standard InChI is InChI=1S/C25H34O4/c1-10-18(26)13(2)11-14(3)19-15(4)12-24(7)21(19)25(24,8)22-16(5)20(27)17(6)23(28-9)29-22/h11-13,19,21H,10H2,1-9H3. The van der Waals surface area contributed by atoms with Crippen LogP contribution in [0.3, 0.4) is 0 Å². The van der Waals surface area contributed by atoms with Gasteiger partial charge in [-0.2, -0.15) is 0 Å².